The summed E-state index contributed by atoms with van der Waals surface area (Å²) < 4.78 is 41.6. The Kier molecular flexibility index (Phi) is 4.25. The SMILES string of the molecule is O=C(O)c1cc(Cl)cc2nnn(Cc3ccc(OC(F)(F)F)cc3)c12. The summed E-state index contributed by atoms with van der Waals surface area (Å²) in [5.41, 5.74) is 1.10. The van der Waals surface area contributed by atoms with Crippen LogP contribution in [0.1, 0.15) is 15.9 Å². The summed E-state index contributed by atoms with van der Waals surface area (Å²) in [5, 5.41) is 17.3. The fourth-order valence-electron chi connectivity index (χ4n) is 2.32. The summed E-state index contributed by atoms with van der Waals surface area (Å²) in [7, 11) is 0. The van der Waals surface area contributed by atoms with E-state index in [0.29, 0.717) is 11.1 Å². The minimum absolute atomic E-state index is 0.0653. The molecule has 0 aliphatic heterocycles. The number of rotatable bonds is 4. The molecule has 0 atom stereocenters. The molecule has 0 spiro atoms. The Balaban J connectivity index is 1.92. The van der Waals surface area contributed by atoms with Gasteiger partial charge in [0.05, 0.1) is 12.1 Å². The molecule has 0 fully saturated rings. The predicted molar refractivity (Wildman–Crippen MR) is 81.7 cm³/mol. The molecule has 1 aromatic heterocycles. The number of hydrogen-bond donors (Lipinski definition) is 1. The van der Waals surface area contributed by atoms with Gasteiger partial charge in [0.1, 0.15) is 16.8 Å². The van der Waals surface area contributed by atoms with Crippen molar-refractivity contribution in [2.45, 2.75) is 12.9 Å². The highest BCUT2D eigenvalue weighted by Crippen LogP contribution is 2.25. The van der Waals surface area contributed by atoms with Gasteiger partial charge in [0.2, 0.25) is 0 Å². The topological polar surface area (TPSA) is 77.2 Å². The van der Waals surface area contributed by atoms with E-state index in [0.717, 1.165) is 12.1 Å². The third-order valence-electron chi connectivity index (χ3n) is 3.29. The fraction of sp³-hybridized carbons (Fsp3) is 0.133. The molecular weight excluding hydrogens is 363 g/mol. The third kappa shape index (κ3) is 3.82. The summed E-state index contributed by atoms with van der Waals surface area (Å²) >= 11 is 5.86. The van der Waals surface area contributed by atoms with Gasteiger partial charge in [-0.05, 0) is 29.8 Å². The zero-order valence-electron chi connectivity index (χ0n) is 12.3. The van der Waals surface area contributed by atoms with E-state index in [1.54, 1.807) is 0 Å². The second-order valence-corrected chi connectivity index (χ2v) is 5.50. The van der Waals surface area contributed by atoms with Gasteiger partial charge in [0.25, 0.3) is 0 Å². The van der Waals surface area contributed by atoms with Crippen LogP contribution >= 0.6 is 11.6 Å². The number of benzene rings is 2. The van der Waals surface area contributed by atoms with Crippen LogP contribution in [0.5, 0.6) is 5.75 Å². The van der Waals surface area contributed by atoms with Crippen molar-refractivity contribution in [1.82, 2.24) is 15.0 Å². The molecule has 10 heteroatoms. The van der Waals surface area contributed by atoms with Gasteiger partial charge in [-0.15, -0.1) is 18.3 Å². The highest BCUT2D eigenvalue weighted by Gasteiger charge is 2.31. The molecule has 1 heterocycles. The first kappa shape index (κ1) is 17.0. The number of carboxylic acid groups (broad SMARTS) is 1. The maximum atomic E-state index is 12.2. The average Bonchev–Trinajstić information content (AvgIpc) is 2.89. The lowest BCUT2D eigenvalue weighted by Crippen LogP contribution is -2.17. The minimum Gasteiger partial charge on any atom is -0.478 e. The van der Waals surface area contributed by atoms with Gasteiger partial charge in [-0.25, -0.2) is 9.48 Å². The number of alkyl halides is 3. The van der Waals surface area contributed by atoms with Crippen LogP contribution in [0.3, 0.4) is 0 Å². The highest BCUT2D eigenvalue weighted by atomic mass is 35.5. The van der Waals surface area contributed by atoms with Crippen molar-refractivity contribution < 1.29 is 27.8 Å². The van der Waals surface area contributed by atoms with Gasteiger partial charge >= 0.3 is 12.3 Å². The van der Waals surface area contributed by atoms with Crippen LogP contribution in [0, 0.1) is 0 Å². The van der Waals surface area contributed by atoms with Crippen molar-refractivity contribution in [3.05, 3.63) is 52.5 Å². The molecule has 0 amide bonds. The molecule has 3 aromatic rings. The third-order valence-corrected chi connectivity index (χ3v) is 3.51. The average molecular weight is 372 g/mol. The van der Waals surface area contributed by atoms with Gasteiger partial charge in [-0.2, -0.15) is 0 Å². The number of halogens is 4. The maximum Gasteiger partial charge on any atom is 0.573 e. The number of ether oxygens (including phenoxy) is 1. The Morgan fingerprint density at radius 1 is 1.24 bits per heavy atom. The Bertz CT molecular complexity index is 939. The van der Waals surface area contributed by atoms with E-state index in [4.69, 9.17) is 11.6 Å². The number of carboxylic acids is 1. The Hall–Kier alpha value is -2.81. The molecule has 3 rings (SSSR count). The number of fused-ring (bicyclic) bond motifs is 1. The molecule has 1 N–H and O–H groups in total. The van der Waals surface area contributed by atoms with Crippen molar-refractivity contribution in [2.24, 2.45) is 0 Å². The second-order valence-electron chi connectivity index (χ2n) is 5.07. The largest absolute Gasteiger partial charge is 0.573 e. The van der Waals surface area contributed by atoms with Crippen LogP contribution in [0.2, 0.25) is 5.02 Å². The van der Waals surface area contributed by atoms with Gasteiger partial charge in [0, 0.05) is 5.02 Å². The van der Waals surface area contributed by atoms with Gasteiger partial charge in [-0.3, -0.25) is 0 Å². The van der Waals surface area contributed by atoms with Crippen molar-refractivity contribution in [3.63, 3.8) is 0 Å². The Labute approximate surface area is 143 Å². The van der Waals surface area contributed by atoms with Crippen LogP contribution < -0.4 is 4.74 Å². The molecule has 0 aliphatic rings. The first-order valence-corrected chi connectivity index (χ1v) is 7.21. The predicted octanol–water partition coefficient (Wildman–Crippen LogP) is 3.73. The maximum absolute atomic E-state index is 12.2. The minimum atomic E-state index is -4.76. The van der Waals surface area contributed by atoms with Gasteiger partial charge < -0.3 is 9.84 Å². The lowest BCUT2D eigenvalue weighted by molar-refractivity contribution is -0.274. The quantitative estimate of drug-likeness (QED) is 0.756. The zero-order valence-corrected chi connectivity index (χ0v) is 13.0. The first-order valence-electron chi connectivity index (χ1n) is 6.83. The summed E-state index contributed by atoms with van der Waals surface area (Å²) in [6, 6.07) is 7.93. The molecule has 0 saturated carbocycles. The van der Waals surface area contributed by atoms with Crippen LogP contribution in [-0.4, -0.2) is 32.4 Å². The van der Waals surface area contributed by atoms with Crippen molar-refractivity contribution >= 4 is 28.6 Å². The standard InChI is InChI=1S/C15H9ClF3N3O3/c16-9-5-11(14(23)24)13-12(6-9)20-21-22(13)7-8-1-3-10(4-2-8)25-15(17,18)19/h1-6H,7H2,(H,23,24). The molecule has 0 bridgehead atoms. The number of aromatic carboxylic acids is 1. The van der Waals surface area contributed by atoms with Crippen molar-refractivity contribution in [1.29, 1.82) is 0 Å². The van der Waals surface area contributed by atoms with E-state index >= 15 is 0 Å². The molecular formula is C15H9ClF3N3O3. The number of nitrogens with zero attached hydrogens (tertiary/aromatic N) is 3. The number of carbonyl (C=O) groups is 1. The highest BCUT2D eigenvalue weighted by molar-refractivity contribution is 6.31. The van der Waals surface area contributed by atoms with Crippen LogP contribution in [0.15, 0.2) is 36.4 Å². The van der Waals surface area contributed by atoms with E-state index < -0.39 is 12.3 Å². The molecule has 130 valence electrons. The molecule has 0 unspecified atom stereocenters. The fourth-order valence-corrected chi connectivity index (χ4v) is 2.53. The molecule has 25 heavy (non-hydrogen) atoms. The lowest BCUT2D eigenvalue weighted by Gasteiger charge is -2.09. The van der Waals surface area contributed by atoms with E-state index in [-0.39, 0.29) is 28.4 Å². The smallest absolute Gasteiger partial charge is 0.478 e. The van der Waals surface area contributed by atoms with E-state index in [1.165, 1.54) is 28.9 Å². The van der Waals surface area contributed by atoms with E-state index in [1.807, 2.05) is 0 Å². The summed E-state index contributed by atoms with van der Waals surface area (Å²) in [4.78, 5) is 11.4. The van der Waals surface area contributed by atoms with Crippen LogP contribution in [-0.2, 0) is 6.54 Å². The normalized spacial score (nSPS) is 11.7. The molecule has 0 saturated heterocycles. The van der Waals surface area contributed by atoms with E-state index in [9.17, 15) is 23.1 Å². The summed E-state index contributed by atoms with van der Waals surface area (Å²) in [5.74, 6) is -1.54. The summed E-state index contributed by atoms with van der Waals surface area (Å²) in [6.45, 7) is 0.116. The first-order chi connectivity index (χ1) is 11.7. The second kappa shape index (κ2) is 6.25. The van der Waals surface area contributed by atoms with Crippen molar-refractivity contribution in [2.75, 3.05) is 0 Å². The summed E-state index contributed by atoms with van der Waals surface area (Å²) in [6.07, 6.45) is -4.76. The molecule has 2 aromatic carbocycles. The number of aromatic nitrogens is 3. The molecule has 0 aliphatic carbocycles. The van der Waals surface area contributed by atoms with Crippen LogP contribution in [0.4, 0.5) is 13.2 Å². The molecule has 6 nitrogen and oxygen atoms in total. The van der Waals surface area contributed by atoms with Gasteiger partial charge in [-0.1, -0.05) is 28.9 Å². The van der Waals surface area contributed by atoms with Crippen LogP contribution in [0.25, 0.3) is 11.0 Å². The van der Waals surface area contributed by atoms with E-state index in [2.05, 4.69) is 15.0 Å². The zero-order chi connectivity index (χ0) is 18.2. The van der Waals surface area contributed by atoms with Crippen molar-refractivity contribution in [3.8, 4) is 5.75 Å². The Morgan fingerprint density at radius 2 is 1.92 bits per heavy atom. The Morgan fingerprint density at radius 3 is 2.52 bits per heavy atom. The molecule has 0 radical (unpaired) electrons. The van der Waals surface area contributed by atoms with Gasteiger partial charge in [0.15, 0.2) is 0 Å². The lowest BCUT2D eigenvalue weighted by atomic mass is 10.1. The monoisotopic (exact) mass is 371 g/mol. The number of hydrogen-bond acceptors (Lipinski definition) is 4.